The summed E-state index contributed by atoms with van der Waals surface area (Å²) in [6.45, 7) is 2.83. The lowest BCUT2D eigenvalue weighted by Gasteiger charge is -2.19. The molecule has 0 aliphatic carbocycles. The summed E-state index contributed by atoms with van der Waals surface area (Å²) in [6.07, 6.45) is 0.789. The molecule has 0 saturated heterocycles. The normalized spacial score (nSPS) is 10.3. The van der Waals surface area contributed by atoms with Gasteiger partial charge in [-0.25, -0.2) is 9.97 Å². The fourth-order valence-corrected chi connectivity index (χ4v) is 1.80. The maximum absolute atomic E-state index is 5.79. The highest BCUT2D eigenvalue weighted by molar-refractivity contribution is 5.46. The minimum absolute atomic E-state index is 0.525. The van der Waals surface area contributed by atoms with E-state index in [9.17, 15) is 0 Å². The van der Waals surface area contributed by atoms with Crippen molar-refractivity contribution in [3.8, 4) is 0 Å². The number of nitrogens with zero attached hydrogens (tertiary/aromatic N) is 3. The molecule has 2 N–H and O–H groups in total. The first-order valence-corrected chi connectivity index (χ1v) is 6.07. The zero-order valence-electron chi connectivity index (χ0n) is 10.8. The number of hydrogen-bond acceptors (Lipinski definition) is 4. The van der Waals surface area contributed by atoms with Gasteiger partial charge < -0.3 is 10.6 Å². The molecule has 1 aromatic heterocycles. The van der Waals surface area contributed by atoms with Gasteiger partial charge in [-0.3, -0.25) is 0 Å². The first kappa shape index (κ1) is 12.4. The monoisotopic (exact) mass is 242 g/mol. The van der Waals surface area contributed by atoms with Gasteiger partial charge in [-0.2, -0.15) is 0 Å². The molecule has 0 saturated carbocycles. The van der Waals surface area contributed by atoms with Crippen molar-refractivity contribution in [3.05, 3.63) is 47.8 Å². The fraction of sp³-hybridized carbons (Fsp3) is 0.286. The highest BCUT2D eigenvalue weighted by Crippen LogP contribution is 2.15. The zero-order valence-corrected chi connectivity index (χ0v) is 10.8. The van der Waals surface area contributed by atoms with Crippen LogP contribution in [-0.4, -0.2) is 17.0 Å². The van der Waals surface area contributed by atoms with Crippen molar-refractivity contribution in [1.29, 1.82) is 0 Å². The van der Waals surface area contributed by atoms with Gasteiger partial charge in [0.15, 0.2) is 0 Å². The van der Waals surface area contributed by atoms with Crippen molar-refractivity contribution in [3.63, 3.8) is 0 Å². The van der Waals surface area contributed by atoms with Crippen LogP contribution in [0.25, 0.3) is 0 Å². The quantitative estimate of drug-likeness (QED) is 0.893. The van der Waals surface area contributed by atoms with E-state index in [4.69, 9.17) is 5.73 Å². The number of nitrogen functional groups attached to an aromatic ring is 1. The molecule has 0 unspecified atom stereocenters. The van der Waals surface area contributed by atoms with Gasteiger partial charge in [0.1, 0.15) is 17.5 Å². The SMILES string of the molecule is CCc1nc(N)cc(N(C)Cc2ccccc2)n1. The van der Waals surface area contributed by atoms with Gasteiger partial charge in [-0.1, -0.05) is 37.3 Å². The van der Waals surface area contributed by atoms with E-state index < -0.39 is 0 Å². The second-order valence-corrected chi connectivity index (χ2v) is 4.26. The van der Waals surface area contributed by atoms with Gasteiger partial charge >= 0.3 is 0 Å². The van der Waals surface area contributed by atoms with Crippen LogP contribution >= 0.6 is 0 Å². The molecule has 0 bridgehead atoms. The van der Waals surface area contributed by atoms with E-state index in [1.165, 1.54) is 5.56 Å². The topological polar surface area (TPSA) is 55.0 Å². The van der Waals surface area contributed by atoms with Crippen LogP contribution in [0.2, 0.25) is 0 Å². The van der Waals surface area contributed by atoms with E-state index in [-0.39, 0.29) is 0 Å². The Morgan fingerprint density at radius 1 is 1.17 bits per heavy atom. The standard InChI is InChI=1S/C14H18N4/c1-3-13-16-12(15)9-14(17-13)18(2)10-11-7-5-4-6-8-11/h4-9H,3,10H2,1-2H3,(H2,15,16,17). The Morgan fingerprint density at radius 3 is 2.56 bits per heavy atom. The molecule has 0 radical (unpaired) electrons. The molecule has 2 rings (SSSR count). The molecule has 94 valence electrons. The molecule has 1 aromatic carbocycles. The number of anilines is 2. The van der Waals surface area contributed by atoms with Gasteiger partial charge in [0.2, 0.25) is 0 Å². The molecule has 0 aliphatic heterocycles. The van der Waals surface area contributed by atoms with Crippen LogP contribution in [0, 0.1) is 0 Å². The van der Waals surface area contributed by atoms with Crippen molar-refractivity contribution < 1.29 is 0 Å². The molecule has 1 heterocycles. The van der Waals surface area contributed by atoms with Crippen LogP contribution < -0.4 is 10.6 Å². The van der Waals surface area contributed by atoms with Crippen LogP contribution in [0.4, 0.5) is 11.6 Å². The largest absolute Gasteiger partial charge is 0.384 e. The van der Waals surface area contributed by atoms with Gasteiger partial charge in [0, 0.05) is 26.1 Å². The summed E-state index contributed by atoms with van der Waals surface area (Å²) in [6, 6.07) is 12.1. The Balaban J connectivity index is 2.18. The molecule has 0 amide bonds. The molecule has 2 aromatic rings. The molecule has 4 heteroatoms. The second kappa shape index (κ2) is 5.49. The molecular formula is C14H18N4. The second-order valence-electron chi connectivity index (χ2n) is 4.26. The lowest BCUT2D eigenvalue weighted by atomic mass is 10.2. The summed E-state index contributed by atoms with van der Waals surface area (Å²) in [4.78, 5) is 10.7. The third kappa shape index (κ3) is 2.97. The predicted molar refractivity (Wildman–Crippen MR) is 74.4 cm³/mol. The molecule has 0 aliphatic rings. The average molecular weight is 242 g/mol. The summed E-state index contributed by atoms with van der Waals surface area (Å²) in [5.74, 6) is 2.17. The van der Waals surface area contributed by atoms with Crippen LogP contribution in [0.15, 0.2) is 36.4 Å². The number of rotatable bonds is 4. The van der Waals surface area contributed by atoms with Crippen molar-refractivity contribution in [2.45, 2.75) is 19.9 Å². The van der Waals surface area contributed by atoms with E-state index >= 15 is 0 Å². The summed E-state index contributed by atoms with van der Waals surface area (Å²) < 4.78 is 0. The van der Waals surface area contributed by atoms with Crippen molar-refractivity contribution >= 4 is 11.6 Å². The van der Waals surface area contributed by atoms with Crippen LogP contribution in [0.3, 0.4) is 0 Å². The summed E-state index contributed by atoms with van der Waals surface area (Å²) in [7, 11) is 2.01. The van der Waals surface area contributed by atoms with Crippen LogP contribution in [0.1, 0.15) is 18.3 Å². The lowest BCUT2D eigenvalue weighted by molar-refractivity contribution is 0.861. The Bertz CT molecular complexity index is 510. The molecule has 0 atom stereocenters. The summed E-state index contributed by atoms with van der Waals surface area (Å²) in [5.41, 5.74) is 7.03. The number of nitrogens with two attached hydrogens (primary N) is 1. The minimum atomic E-state index is 0.525. The van der Waals surface area contributed by atoms with E-state index in [1.54, 1.807) is 0 Å². The third-order valence-electron chi connectivity index (χ3n) is 2.75. The van der Waals surface area contributed by atoms with Crippen molar-refractivity contribution in [2.75, 3.05) is 17.7 Å². The summed E-state index contributed by atoms with van der Waals surface area (Å²) >= 11 is 0. The molecular weight excluding hydrogens is 224 g/mol. The number of aromatic nitrogens is 2. The van der Waals surface area contributed by atoms with Crippen molar-refractivity contribution in [1.82, 2.24) is 9.97 Å². The number of aryl methyl sites for hydroxylation is 1. The Morgan fingerprint density at radius 2 is 1.89 bits per heavy atom. The lowest BCUT2D eigenvalue weighted by Crippen LogP contribution is -2.19. The Kier molecular flexibility index (Phi) is 3.77. The third-order valence-corrected chi connectivity index (χ3v) is 2.75. The van der Waals surface area contributed by atoms with Crippen LogP contribution in [-0.2, 0) is 13.0 Å². The molecule has 4 nitrogen and oxygen atoms in total. The number of hydrogen-bond donors (Lipinski definition) is 1. The van der Waals surface area contributed by atoms with Gasteiger partial charge in [0.05, 0.1) is 0 Å². The van der Waals surface area contributed by atoms with E-state index in [1.807, 2.05) is 38.2 Å². The van der Waals surface area contributed by atoms with Gasteiger partial charge in [-0.15, -0.1) is 0 Å². The van der Waals surface area contributed by atoms with E-state index in [2.05, 4.69) is 27.0 Å². The number of benzene rings is 1. The fourth-order valence-electron chi connectivity index (χ4n) is 1.80. The maximum atomic E-state index is 5.79. The average Bonchev–Trinajstić information content (AvgIpc) is 2.39. The van der Waals surface area contributed by atoms with Gasteiger partial charge in [0.25, 0.3) is 0 Å². The van der Waals surface area contributed by atoms with Crippen LogP contribution in [0.5, 0.6) is 0 Å². The molecule has 18 heavy (non-hydrogen) atoms. The summed E-state index contributed by atoms with van der Waals surface area (Å²) in [5, 5.41) is 0. The first-order valence-electron chi connectivity index (χ1n) is 6.07. The highest BCUT2D eigenvalue weighted by Gasteiger charge is 2.06. The highest BCUT2D eigenvalue weighted by atomic mass is 15.2. The maximum Gasteiger partial charge on any atom is 0.134 e. The smallest absolute Gasteiger partial charge is 0.134 e. The Labute approximate surface area is 107 Å². The minimum Gasteiger partial charge on any atom is -0.384 e. The van der Waals surface area contributed by atoms with Crippen molar-refractivity contribution in [2.24, 2.45) is 0 Å². The molecule has 0 spiro atoms. The zero-order chi connectivity index (χ0) is 13.0. The first-order chi connectivity index (χ1) is 8.69. The Hall–Kier alpha value is -2.10. The predicted octanol–water partition coefficient (Wildman–Crippen LogP) is 2.26. The van der Waals surface area contributed by atoms with E-state index in [0.717, 1.165) is 24.6 Å². The molecule has 0 fully saturated rings. The van der Waals surface area contributed by atoms with E-state index in [0.29, 0.717) is 5.82 Å². The van der Waals surface area contributed by atoms with Gasteiger partial charge in [-0.05, 0) is 5.56 Å².